The minimum atomic E-state index is -0.664. The van der Waals surface area contributed by atoms with Gasteiger partial charge in [0.05, 0.1) is 0 Å². The van der Waals surface area contributed by atoms with Crippen LogP contribution in [0.25, 0.3) is 0 Å². The quantitative estimate of drug-likeness (QED) is 0.736. The second-order valence-corrected chi connectivity index (χ2v) is 6.25. The Morgan fingerprint density at radius 2 is 1.32 bits per heavy atom. The zero-order valence-electron chi connectivity index (χ0n) is 13.2. The maximum Gasteiger partial charge on any atom is 0.258 e. The monoisotopic (exact) mass is 333 g/mol. The fourth-order valence-electron chi connectivity index (χ4n) is 3.50. The summed E-state index contributed by atoms with van der Waals surface area (Å²) in [5, 5.41) is 21.5. The predicted octanol–water partition coefficient (Wildman–Crippen LogP) is 2.30. The number of carbonyl (C=O) groups excluding carboxylic acids is 2. The average molecular weight is 333 g/mol. The van der Waals surface area contributed by atoms with E-state index < -0.39 is 5.41 Å². The first-order valence-corrected chi connectivity index (χ1v) is 7.87. The average Bonchev–Trinajstić information content (AvgIpc) is 2.89. The molecular formula is C20H15NO4. The van der Waals surface area contributed by atoms with E-state index in [9.17, 15) is 19.8 Å². The molecule has 2 amide bonds. The second-order valence-electron chi connectivity index (χ2n) is 6.25. The number of hydrogen-bond donors (Lipinski definition) is 3. The summed E-state index contributed by atoms with van der Waals surface area (Å²) in [4.78, 5) is 24.1. The summed E-state index contributed by atoms with van der Waals surface area (Å²) >= 11 is 0. The maximum absolute atomic E-state index is 12.2. The Bertz CT molecular complexity index is 891. The first-order valence-electron chi connectivity index (χ1n) is 7.87. The SMILES string of the molecule is O=C1NC(=O)C2=C1C=CC(c1ccc(O)cc1)(c1ccc(O)cc1)C2. The third-order valence-electron chi connectivity index (χ3n) is 4.83. The molecule has 5 nitrogen and oxygen atoms in total. The minimum Gasteiger partial charge on any atom is -0.508 e. The Balaban J connectivity index is 1.90. The van der Waals surface area contributed by atoms with E-state index in [1.807, 2.05) is 6.08 Å². The molecule has 0 atom stereocenters. The Labute approximate surface area is 143 Å². The normalized spacial score (nSPS) is 18.2. The van der Waals surface area contributed by atoms with E-state index in [2.05, 4.69) is 5.32 Å². The van der Waals surface area contributed by atoms with Gasteiger partial charge in [-0.05, 0) is 41.8 Å². The van der Waals surface area contributed by atoms with Gasteiger partial charge in [0.25, 0.3) is 11.8 Å². The third kappa shape index (κ3) is 2.32. The van der Waals surface area contributed by atoms with Gasteiger partial charge >= 0.3 is 0 Å². The molecule has 1 heterocycles. The van der Waals surface area contributed by atoms with Crippen LogP contribution in [0.5, 0.6) is 11.5 Å². The Morgan fingerprint density at radius 3 is 1.84 bits per heavy atom. The highest BCUT2D eigenvalue weighted by atomic mass is 16.3. The van der Waals surface area contributed by atoms with Crippen LogP contribution in [-0.2, 0) is 15.0 Å². The smallest absolute Gasteiger partial charge is 0.258 e. The molecule has 0 radical (unpaired) electrons. The van der Waals surface area contributed by atoms with Crippen LogP contribution in [0.3, 0.4) is 0 Å². The zero-order valence-corrected chi connectivity index (χ0v) is 13.2. The van der Waals surface area contributed by atoms with Gasteiger partial charge < -0.3 is 10.2 Å². The number of amides is 2. The number of allylic oxidation sites excluding steroid dienone is 1. The van der Waals surface area contributed by atoms with Crippen molar-refractivity contribution in [3.05, 3.63) is 83.0 Å². The van der Waals surface area contributed by atoms with Gasteiger partial charge in [0.1, 0.15) is 11.5 Å². The van der Waals surface area contributed by atoms with Crippen LogP contribution in [0.15, 0.2) is 71.8 Å². The lowest BCUT2D eigenvalue weighted by Crippen LogP contribution is -2.30. The van der Waals surface area contributed by atoms with Gasteiger partial charge in [-0.1, -0.05) is 36.4 Å². The molecule has 2 aromatic rings. The Kier molecular flexibility index (Phi) is 3.25. The molecule has 1 aliphatic carbocycles. The molecule has 0 saturated carbocycles. The summed E-state index contributed by atoms with van der Waals surface area (Å²) in [7, 11) is 0. The predicted molar refractivity (Wildman–Crippen MR) is 90.9 cm³/mol. The van der Waals surface area contributed by atoms with Crippen molar-refractivity contribution in [2.45, 2.75) is 11.8 Å². The molecule has 25 heavy (non-hydrogen) atoms. The lowest BCUT2D eigenvalue weighted by atomic mass is 9.67. The van der Waals surface area contributed by atoms with Crippen molar-refractivity contribution in [1.29, 1.82) is 0 Å². The highest BCUT2D eigenvalue weighted by Crippen LogP contribution is 2.44. The molecule has 4 rings (SSSR count). The van der Waals surface area contributed by atoms with Crippen molar-refractivity contribution in [3.63, 3.8) is 0 Å². The number of rotatable bonds is 2. The lowest BCUT2D eigenvalue weighted by Gasteiger charge is -2.34. The van der Waals surface area contributed by atoms with Gasteiger partial charge in [0.2, 0.25) is 0 Å². The van der Waals surface area contributed by atoms with Crippen LogP contribution >= 0.6 is 0 Å². The summed E-state index contributed by atoms with van der Waals surface area (Å²) in [6, 6.07) is 13.6. The number of aromatic hydroxyl groups is 2. The topological polar surface area (TPSA) is 86.6 Å². The molecular weight excluding hydrogens is 318 g/mol. The molecule has 3 N–H and O–H groups in total. The first-order chi connectivity index (χ1) is 12.0. The van der Waals surface area contributed by atoms with Crippen molar-refractivity contribution in [1.82, 2.24) is 5.32 Å². The molecule has 1 aliphatic heterocycles. The summed E-state index contributed by atoms with van der Waals surface area (Å²) in [5.41, 5.74) is 1.95. The van der Waals surface area contributed by atoms with Crippen LogP contribution in [0.1, 0.15) is 17.5 Å². The molecule has 0 aromatic heterocycles. The number of phenolic OH excluding ortho intramolecular Hbond substituents is 2. The van der Waals surface area contributed by atoms with Gasteiger partial charge in [-0.2, -0.15) is 0 Å². The highest BCUT2D eigenvalue weighted by Gasteiger charge is 2.41. The molecule has 0 fully saturated rings. The lowest BCUT2D eigenvalue weighted by molar-refractivity contribution is -0.124. The van der Waals surface area contributed by atoms with E-state index >= 15 is 0 Å². The highest BCUT2D eigenvalue weighted by molar-refractivity contribution is 6.21. The van der Waals surface area contributed by atoms with Crippen LogP contribution in [-0.4, -0.2) is 22.0 Å². The van der Waals surface area contributed by atoms with Crippen LogP contribution in [0, 0.1) is 0 Å². The van der Waals surface area contributed by atoms with Crippen molar-refractivity contribution >= 4 is 11.8 Å². The van der Waals surface area contributed by atoms with Gasteiger partial charge in [-0.15, -0.1) is 0 Å². The summed E-state index contributed by atoms with van der Waals surface area (Å²) in [6.07, 6.45) is 3.91. The molecule has 0 saturated heterocycles. The molecule has 0 bridgehead atoms. The standard InChI is InChI=1S/C20H15NO4/c22-14-5-1-12(2-6-14)20(13-3-7-15(23)8-4-13)10-9-16-17(11-20)19(25)21-18(16)24/h1-10,22-23H,11H2,(H,21,24,25). The molecule has 124 valence electrons. The van der Waals surface area contributed by atoms with E-state index in [1.165, 1.54) is 0 Å². The molecule has 0 spiro atoms. The summed E-state index contributed by atoms with van der Waals surface area (Å²) in [6.45, 7) is 0. The van der Waals surface area contributed by atoms with Crippen LogP contribution < -0.4 is 5.32 Å². The van der Waals surface area contributed by atoms with Crippen LogP contribution in [0.2, 0.25) is 0 Å². The number of phenols is 2. The molecule has 5 heteroatoms. The van der Waals surface area contributed by atoms with Crippen molar-refractivity contribution in [3.8, 4) is 11.5 Å². The number of imide groups is 1. The molecule has 2 aliphatic rings. The number of nitrogens with one attached hydrogen (secondary N) is 1. The van der Waals surface area contributed by atoms with Gasteiger partial charge in [0.15, 0.2) is 0 Å². The number of hydrogen-bond acceptors (Lipinski definition) is 4. The van der Waals surface area contributed by atoms with E-state index in [-0.39, 0.29) is 23.3 Å². The van der Waals surface area contributed by atoms with Crippen LogP contribution in [0.4, 0.5) is 0 Å². The van der Waals surface area contributed by atoms with Gasteiger partial charge in [-0.25, -0.2) is 0 Å². The summed E-state index contributed by atoms with van der Waals surface area (Å²) in [5.74, 6) is -0.441. The summed E-state index contributed by atoms with van der Waals surface area (Å²) < 4.78 is 0. The Morgan fingerprint density at radius 1 is 0.800 bits per heavy atom. The molecule has 0 unspecified atom stereocenters. The molecule has 2 aromatic carbocycles. The van der Waals surface area contributed by atoms with Gasteiger partial charge in [0, 0.05) is 16.6 Å². The van der Waals surface area contributed by atoms with E-state index in [0.717, 1.165) is 11.1 Å². The van der Waals surface area contributed by atoms with Crippen molar-refractivity contribution < 1.29 is 19.8 Å². The largest absolute Gasteiger partial charge is 0.508 e. The van der Waals surface area contributed by atoms with E-state index in [0.29, 0.717) is 17.6 Å². The van der Waals surface area contributed by atoms with E-state index in [1.54, 1.807) is 54.6 Å². The minimum absolute atomic E-state index is 0.151. The maximum atomic E-state index is 12.2. The fourth-order valence-corrected chi connectivity index (χ4v) is 3.50. The van der Waals surface area contributed by atoms with Crippen molar-refractivity contribution in [2.75, 3.05) is 0 Å². The second kappa shape index (κ2) is 5.34. The van der Waals surface area contributed by atoms with Gasteiger partial charge in [-0.3, -0.25) is 14.9 Å². The third-order valence-corrected chi connectivity index (χ3v) is 4.83. The number of carbonyl (C=O) groups is 2. The fraction of sp³-hybridized carbons (Fsp3) is 0.100. The zero-order chi connectivity index (χ0) is 17.6. The Hall–Kier alpha value is -3.34. The number of benzene rings is 2. The van der Waals surface area contributed by atoms with Crippen molar-refractivity contribution in [2.24, 2.45) is 0 Å². The van der Waals surface area contributed by atoms with E-state index in [4.69, 9.17) is 0 Å². The first kappa shape index (κ1) is 15.2.